The highest BCUT2D eigenvalue weighted by atomic mass is 16.5. The van der Waals surface area contributed by atoms with Crippen LogP contribution in [-0.4, -0.2) is 31.6 Å². The number of rotatable bonds is 3. The van der Waals surface area contributed by atoms with Crippen molar-refractivity contribution in [1.82, 2.24) is 0 Å². The van der Waals surface area contributed by atoms with Gasteiger partial charge < -0.3 is 9.22 Å². The summed E-state index contributed by atoms with van der Waals surface area (Å²) >= 11 is 0. The van der Waals surface area contributed by atoms with Gasteiger partial charge in [0, 0.05) is 5.57 Å². The van der Waals surface area contributed by atoms with Gasteiger partial charge in [0.05, 0.1) is 21.1 Å². The van der Waals surface area contributed by atoms with Crippen LogP contribution in [0.25, 0.3) is 0 Å². The van der Waals surface area contributed by atoms with Crippen LogP contribution in [0.2, 0.25) is 0 Å². The van der Waals surface area contributed by atoms with Gasteiger partial charge in [-0.1, -0.05) is 6.58 Å². The van der Waals surface area contributed by atoms with Crippen LogP contribution in [0.4, 0.5) is 0 Å². The molecule has 0 radical (unpaired) electrons. The van der Waals surface area contributed by atoms with Gasteiger partial charge in [0.25, 0.3) is 0 Å². The molecule has 0 aliphatic rings. The lowest BCUT2D eigenvalue weighted by Gasteiger charge is -2.16. The Morgan fingerprint density at radius 2 is 1.92 bits per heavy atom. The average molecular weight is 170 g/mol. The lowest BCUT2D eigenvalue weighted by molar-refractivity contribution is -0.817. The highest BCUT2D eigenvalue weighted by Crippen LogP contribution is 1.95. The molecule has 0 aliphatic heterocycles. The summed E-state index contributed by atoms with van der Waals surface area (Å²) in [5.41, 5.74) is 0.404. The van der Waals surface area contributed by atoms with Crippen LogP contribution in [0.1, 0.15) is 6.92 Å². The standard InChI is InChI=1S/C9H16NO2/c1-8(2)9(11)12-7-6-10(3,4)5/h6-7H,1H2,2-5H3/q+1. The molecule has 0 aromatic carbocycles. The summed E-state index contributed by atoms with van der Waals surface area (Å²) in [5.74, 6) is -0.389. The molecule has 0 aromatic rings. The number of esters is 1. The first-order valence-electron chi connectivity index (χ1n) is 3.68. The Labute approximate surface area is 73.5 Å². The third kappa shape index (κ3) is 5.68. The Bertz CT molecular complexity index is 211. The quantitative estimate of drug-likeness (QED) is 0.276. The van der Waals surface area contributed by atoms with E-state index in [2.05, 4.69) is 6.58 Å². The SMILES string of the molecule is C=C(C)C(=O)OC=C[N+](C)(C)C. The summed E-state index contributed by atoms with van der Waals surface area (Å²) < 4.78 is 5.36. The van der Waals surface area contributed by atoms with Crippen LogP contribution in [0.3, 0.4) is 0 Å². The molecule has 0 rings (SSSR count). The monoisotopic (exact) mass is 170 g/mol. The molecule has 3 heteroatoms. The van der Waals surface area contributed by atoms with Crippen molar-refractivity contribution in [2.45, 2.75) is 6.92 Å². The third-order valence-electron chi connectivity index (χ3n) is 1.03. The van der Waals surface area contributed by atoms with E-state index in [1.165, 1.54) is 6.26 Å². The van der Waals surface area contributed by atoms with Crippen LogP contribution in [0, 0.1) is 0 Å². The predicted molar refractivity (Wildman–Crippen MR) is 48.1 cm³/mol. The first-order chi connectivity index (χ1) is 5.33. The summed E-state index contributed by atoms with van der Waals surface area (Å²) in [4.78, 5) is 10.8. The molecule has 0 N–H and O–H groups in total. The van der Waals surface area contributed by atoms with Gasteiger partial charge in [-0.2, -0.15) is 0 Å². The smallest absolute Gasteiger partial charge is 0.338 e. The molecule has 3 nitrogen and oxygen atoms in total. The molecule has 12 heavy (non-hydrogen) atoms. The van der Waals surface area contributed by atoms with Crippen molar-refractivity contribution >= 4 is 5.97 Å². The second kappa shape index (κ2) is 4.07. The fraction of sp³-hybridized carbons (Fsp3) is 0.444. The molecule has 0 unspecified atom stereocenters. The highest BCUT2D eigenvalue weighted by Gasteiger charge is 2.03. The number of quaternary nitrogens is 1. The molecule has 0 saturated carbocycles. The largest absolute Gasteiger partial charge is 0.426 e. The zero-order chi connectivity index (χ0) is 9.78. The van der Waals surface area contributed by atoms with Crippen LogP contribution in [0.5, 0.6) is 0 Å². The Kier molecular flexibility index (Phi) is 3.70. The molecule has 0 saturated heterocycles. The Morgan fingerprint density at radius 3 is 2.25 bits per heavy atom. The van der Waals surface area contributed by atoms with Crippen molar-refractivity contribution in [3.8, 4) is 0 Å². The molecule has 0 fully saturated rings. The lowest BCUT2D eigenvalue weighted by Crippen LogP contribution is -2.26. The number of hydrogen-bond acceptors (Lipinski definition) is 2. The molecule has 0 bridgehead atoms. The van der Waals surface area contributed by atoms with Crippen molar-refractivity contribution in [1.29, 1.82) is 0 Å². The Hall–Kier alpha value is -1.09. The number of carbonyl (C=O) groups excluding carboxylic acids is 1. The lowest BCUT2D eigenvalue weighted by atomic mass is 10.4. The van der Waals surface area contributed by atoms with Crippen LogP contribution < -0.4 is 0 Å². The van der Waals surface area contributed by atoms with Crippen molar-refractivity contribution in [3.63, 3.8) is 0 Å². The van der Waals surface area contributed by atoms with Gasteiger partial charge in [-0.25, -0.2) is 4.79 Å². The second-order valence-electron chi connectivity index (χ2n) is 3.59. The fourth-order valence-corrected chi connectivity index (χ4v) is 0.375. The third-order valence-corrected chi connectivity index (χ3v) is 1.03. The van der Waals surface area contributed by atoms with E-state index in [1.54, 1.807) is 13.1 Å². The van der Waals surface area contributed by atoms with Crippen LogP contribution >= 0.6 is 0 Å². The maximum Gasteiger partial charge on any atom is 0.338 e. The summed E-state index contributed by atoms with van der Waals surface area (Å²) in [6, 6.07) is 0. The molecular formula is C9H16NO2+. The van der Waals surface area contributed by atoms with Crippen molar-refractivity contribution < 1.29 is 14.0 Å². The van der Waals surface area contributed by atoms with E-state index in [0.717, 1.165) is 0 Å². The van der Waals surface area contributed by atoms with Gasteiger partial charge >= 0.3 is 5.97 Å². The number of hydrogen-bond donors (Lipinski definition) is 0. The predicted octanol–water partition coefficient (Wildman–Crippen LogP) is 1.28. The number of nitrogens with zero attached hydrogens (tertiary/aromatic N) is 1. The van der Waals surface area contributed by atoms with Crippen LogP contribution in [0.15, 0.2) is 24.6 Å². The Balaban J connectivity index is 3.92. The minimum absolute atomic E-state index is 0.389. The second-order valence-corrected chi connectivity index (χ2v) is 3.59. The topological polar surface area (TPSA) is 26.3 Å². The summed E-state index contributed by atoms with van der Waals surface area (Å²) in [6.45, 7) is 5.07. The summed E-state index contributed by atoms with van der Waals surface area (Å²) in [7, 11) is 5.89. The fourth-order valence-electron chi connectivity index (χ4n) is 0.375. The minimum atomic E-state index is -0.389. The average Bonchev–Trinajstić information content (AvgIpc) is 1.84. The van der Waals surface area contributed by atoms with E-state index >= 15 is 0 Å². The van der Waals surface area contributed by atoms with Gasteiger partial charge in [0.2, 0.25) is 0 Å². The van der Waals surface area contributed by atoms with E-state index in [0.29, 0.717) is 10.1 Å². The van der Waals surface area contributed by atoms with Crippen molar-refractivity contribution in [3.05, 3.63) is 24.6 Å². The molecule has 68 valence electrons. The first kappa shape index (κ1) is 10.9. The number of carbonyl (C=O) groups is 1. The minimum Gasteiger partial charge on any atom is -0.426 e. The van der Waals surface area contributed by atoms with E-state index in [9.17, 15) is 4.79 Å². The first-order valence-corrected chi connectivity index (χ1v) is 3.68. The van der Waals surface area contributed by atoms with E-state index in [4.69, 9.17) is 4.74 Å². The summed E-state index contributed by atoms with van der Waals surface area (Å²) in [6.07, 6.45) is 3.15. The Morgan fingerprint density at radius 1 is 1.42 bits per heavy atom. The molecule has 0 aliphatic carbocycles. The maximum atomic E-state index is 10.8. The summed E-state index contributed by atoms with van der Waals surface area (Å²) in [5, 5.41) is 0. The van der Waals surface area contributed by atoms with Gasteiger partial charge in [-0.15, -0.1) is 0 Å². The molecule has 0 atom stereocenters. The molecule has 0 spiro atoms. The van der Waals surface area contributed by atoms with Crippen molar-refractivity contribution in [2.24, 2.45) is 0 Å². The van der Waals surface area contributed by atoms with Gasteiger partial charge in [-0.3, -0.25) is 0 Å². The van der Waals surface area contributed by atoms with E-state index in [1.807, 2.05) is 21.1 Å². The maximum absolute atomic E-state index is 10.8. The molecular weight excluding hydrogens is 154 g/mol. The van der Waals surface area contributed by atoms with Gasteiger partial charge in [0.1, 0.15) is 12.5 Å². The van der Waals surface area contributed by atoms with Gasteiger partial charge in [-0.05, 0) is 6.92 Å². The zero-order valence-corrected chi connectivity index (χ0v) is 8.13. The molecule has 0 amide bonds. The normalized spacial score (nSPS) is 11.7. The van der Waals surface area contributed by atoms with E-state index in [-0.39, 0.29) is 5.97 Å². The zero-order valence-electron chi connectivity index (χ0n) is 8.13. The highest BCUT2D eigenvalue weighted by molar-refractivity contribution is 5.87. The van der Waals surface area contributed by atoms with E-state index < -0.39 is 0 Å². The van der Waals surface area contributed by atoms with Crippen molar-refractivity contribution in [2.75, 3.05) is 21.1 Å². The van der Waals surface area contributed by atoms with Crippen LogP contribution in [-0.2, 0) is 9.53 Å². The molecule has 0 heterocycles. The number of ether oxygens (including phenoxy) is 1. The molecule has 0 aromatic heterocycles. The van der Waals surface area contributed by atoms with Gasteiger partial charge in [0.15, 0.2) is 0 Å².